The summed E-state index contributed by atoms with van der Waals surface area (Å²) in [6.07, 6.45) is 0. The van der Waals surface area contributed by atoms with Gasteiger partial charge in [-0.25, -0.2) is 0 Å². The molecule has 2 aromatic heterocycles. The zero-order valence-electron chi connectivity index (χ0n) is 29.8. The monoisotopic (exact) mass is 719 g/mol. The van der Waals surface area contributed by atoms with Crippen molar-refractivity contribution in [2.45, 2.75) is 0 Å². The molecule has 258 valence electrons. The Hall–Kier alpha value is -6.94. The summed E-state index contributed by atoms with van der Waals surface area (Å²) >= 11 is 1.85. The Morgan fingerprint density at radius 2 is 1.05 bits per heavy atom. The Morgan fingerprint density at radius 3 is 1.95 bits per heavy atom. The van der Waals surface area contributed by atoms with Gasteiger partial charge in [0.1, 0.15) is 5.58 Å². The van der Waals surface area contributed by atoms with Gasteiger partial charge in [0.15, 0.2) is 5.58 Å². The first-order valence-electron chi connectivity index (χ1n) is 18.7. The van der Waals surface area contributed by atoms with E-state index in [1.807, 2.05) is 17.4 Å². The number of rotatable bonds is 6. The van der Waals surface area contributed by atoms with Crippen molar-refractivity contribution in [2.75, 3.05) is 4.90 Å². The van der Waals surface area contributed by atoms with Crippen LogP contribution in [0.5, 0.6) is 0 Å². The van der Waals surface area contributed by atoms with Crippen LogP contribution in [0.3, 0.4) is 0 Å². The van der Waals surface area contributed by atoms with Crippen molar-refractivity contribution in [1.82, 2.24) is 0 Å². The highest BCUT2D eigenvalue weighted by molar-refractivity contribution is 7.25. The summed E-state index contributed by atoms with van der Waals surface area (Å²) in [4.78, 5) is 2.35. The van der Waals surface area contributed by atoms with Gasteiger partial charge in [0.05, 0.1) is 5.69 Å². The van der Waals surface area contributed by atoms with E-state index in [2.05, 4.69) is 199 Å². The molecule has 0 aliphatic heterocycles. The Kier molecular flexibility index (Phi) is 7.39. The fraction of sp³-hybridized carbons (Fsp3) is 0. The molecule has 0 radical (unpaired) electrons. The molecule has 2 heterocycles. The number of benzene rings is 9. The second-order valence-electron chi connectivity index (χ2n) is 14.1. The van der Waals surface area contributed by atoms with Crippen LogP contribution >= 0.6 is 11.3 Å². The van der Waals surface area contributed by atoms with Crippen LogP contribution in [0.4, 0.5) is 17.1 Å². The van der Waals surface area contributed by atoms with Crippen LogP contribution < -0.4 is 4.90 Å². The number of hydrogen-bond acceptors (Lipinski definition) is 3. The summed E-state index contributed by atoms with van der Waals surface area (Å²) < 4.78 is 9.30. The molecule has 0 bridgehead atoms. The van der Waals surface area contributed by atoms with Crippen LogP contribution in [0.15, 0.2) is 205 Å². The molecule has 2 nitrogen and oxygen atoms in total. The van der Waals surface area contributed by atoms with Gasteiger partial charge in [0, 0.05) is 42.3 Å². The van der Waals surface area contributed by atoms with Crippen LogP contribution in [-0.2, 0) is 0 Å². The lowest BCUT2D eigenvalue weighted by Gasteiger charge is -2.27. The summed E-state index contributed by atoms with van der Waals surface area (Å²) in [5, 5.41) is 7.30. The van der Waals surface area contributed by atoms with Crippen LogP contribution in [0.1, 0.15) is 0 Å². The molecule has 55 heavy (non-hydrogen) atoms. The van der Waals surface area contributed by atoms with Crippen LogP contribution in [0.25, 0.3) is 86.3 Å². The molecule has 0 amide bonds. The molecular formula is C52H33NOS. The van der Waals surface area contributed by atoms with Gasteiger partial charge in [-0.1, -0.05) is 140 Å². The third kappa shape index (κ3) is 5.40. The summed E-state index contributed by atoms with van der Waals surface area (Å²) in [5.41, 5.74) is 11.9. The van der Waals surface area contributed by atoms with Crippen LogP contribution in [0, 0.1) is 0 Å². The number of para-hydroxylation sites is 2. The van der Waals surface area contributed by atoms with Gasteiger partial charge >= 0.3 is 0 Å². The topological polar surface area (TPSA) is 16.4 Å². The zero-order valence-corrected chi connectivity index (χ0v) is 30.6. The molecular weight excluding hydrogens is 687 g/mol. The lowest BCUT2D eigenvalue weighted by Crippen LogP contribution is -2.10. The van der Waals surface area contributed by atoms with E-state index in [9.17, 15) is 0 Å². The van der Waals surface area contributed by atoms with E-state index >= 15 is 0 Å². The molecule has 11 aromatic rings. The molecule has 0 aliphatic rings. The quantitative estimate of drug-likeness (QED) is 0.170. The van der Waals surface area contributed by atoms with Gasteiger partial charge in [-0.2, -0.15) is 0 Å². The van der Waals surface area contributed by atoms with E-state index in [0.717, 1.165) is 39.0 Å². The van der Waals surface area contributed by atoms with Gasteiger partial charge in [0.2, 0.25) is 0 Å². The lowest BCUT2D eigenvalue weighted by molar-refractivity contribution is 0.669. The number of nitrogens with zero attached hydrogens (tertiary/aromatic N) is 1. The highest BCUT2D eigenvalue weighted by Gasteiger charge is 2.21. The number of hydrogen-bond donors (Lipinski definition) is 0. The average molecular weight is 720 g/mol. The van der Waals surface area contributed by atoms with Crippen molar-refractivity contribution >= 4 is 81.3 Å². The predicted octanol–water partition coefficient (Wildman–Crippen LogP) is 15.6. The first kappa shape index (κ1) is 31.6. The zero-order chi connectivity index (χ0) is 36.3. The molecule has 11 rings (SSSR count). The van der Waals surface area contributed by atoms with Crippen molar-refractivity contribution in [3.63, 3.8) is 0 Å². The van der Waals surface area contributed by atoms with Gasteiger partial charge in [-0.05, 0) is 105 Å². The summed E-state index contributed by atoms with van der Waals surface area (Å²) in [5.74, 6) is 0. The predicted molar refractivity (Wildman–Crippen MR) is 235 cm³/mol. The fourth-order valence-corrected chi connectivity index (χ4v) is 9.27. The standard InChI is InChI=1S/C52H33NOS/c1-2-12-36(13-3-1)46-33-41(28-29-42(46)39-25-30-51-47(32-39)44-16-7-9-20-50(44)55-51)53(48-18-10-17-45-43-15-6-8-19-49(43)54-52(45)48)40-26-23-35(24-27-40)38-22-21-34-11-4-5-14-37(34)31-38/h1-33H. The first-order chi connectivity index (χ1) is 27.2. The number of thiophene rings is 1. The van der Waals surface area contributed by atoms with Crippen molar-refractivity contribution in [3.05, 3.63) is 200 Å². The maximum atomic E-state index is 6.68. The average Bonchev–Trinajstić information content (AvgIpc) is 3.83. The second-order valence-corrected chi connectivity index (χ2v) is 15.2. The lowest BCUT2D eigenvalue weighted by atomic mass is 9.92. The van der Waals surface area contributed by atoms with Gasteiger partial charge < -0.3 is 9.32 Å². The molecule has 3 heteroatoms. The molecule has 0 fully saturated rings. The minimum atomic E-state index is 0.863. The Balaban J connectivity index is 1.11. The van der Waals surface area contributed by atoms with E-state index in [1.165, 1.54) is 64.3 Å². The van der Waals surface area contributed by atoms with Crippen molar-refractivity contribution in [2.24, 2.45) is 0 Å². The molecule has 0 saturated carbocycles. The van der Waals surface area contributed by atoms with Crippen LogP contribution in [-0.4, -0.2) is 0 Å². The summed E-state index contributed by atoms with van der Waals surface area (Å²) in [6.45, 7) is 0. The first-order valence-corrected chi connectivity index (χ1v) is 19.5. The molecule has 0 saturated heterocycles. The van der Waals surface area contributed by atoms with Gasteiger partial charge in [-0.3, -0.25) is 0 Å². The minimum absolute atomic E-state index is 0.863. The van der Waals surface area contributed by atoms with E-state index in [0.29, 0.717) is 0 Å². The molecule has 0 unspecified atom stereocenters. The second kappa shape index (κ2) is 12.9. The molecule has 0 atom stereocenters. The number of anilines is 3. The van der Waals surface area contributed by atoms with E-state index < -0.39 is 0 Å². The summed E-state index contributed by atoms with van der Waals surface area (Å²) in [7, 11) is 0. The van der Waals surface area contributed by atoms with Crippen molar-refractivity contribution in [1.29, 1.82) is 0 Å². The van der Waals surface area contributed by atoms with Gasteiger partial charge in [-0.15, -0.1) is 11.3 Å². The Bertz CT molecular complexity index is 3210. The fourth-order valence-electron chi connectivity index (χ4n) is 8.18. The maximum Gasteiger partial charge on any atom is 0.159 e. The minimum Gasteiger partial charge on any atom is -0.454 e. The van der Waals surface area contributed by atoms with Crippen molar-refractivity contribution in [3.8, 4) is 33.4 Å². The largest absolute Gasteiger partial charge is 0.454 e. The third-order valence-electron chi connectivity index (χ3n) is 10.9. The van der Waals surface area contributed by atoms with E-state index in [4.69, 9.17) is 4.42 Å². The summed E-state index contributed by atoms with van der Waals surface area (Å²) in [6, 6.07) is 72.3. The van der Waals surface area contributed by atoms with Crippen molar-refractivity contribution < 1.29 is 4.42 Å². The van der Waals surface area contributed by atoms with E-state index in [1.54, 1.807) is 0 Å². The Labute approximate surface area is 322 Å². The molecule has 0 N–H and O–H groups in total. The SMILES string of the molecule is c1ccc(-c2cc(N(c3ccc(-c4ccc5ccccc5c4)cc3)c3cccc4c3oc3ccccc34)ccc2-c2ccc3sc4ccccc4c3c2)cc1. The highest BCUT2D eigenvalue weighted by atomic mass is 32.1. The highest BCUT2D eigenvalue weighted by Crippen LogP contribution is 2.46. The van der Waals surface area contributed by atoms with Gasteiger partial charge in [0.25, 0.3) is 0 Å². The third-order valence-corrected chi connectivity index (χ3v) is 12.0. The molecule has 0 spiro atoms. The normalized spacial score (nSPS) is 11.6. The van der Waals surface area contributed by atoms with Crippen LogP contribution in [0.2, 0.25) is 0 Å². The number of fused-ring (bicyclic) bond motifs is 7. The Morgan fingerprint density at radius 1 is 0.364 bits per heavy atom. The smallest absolute Gasteiger partial charge is 0.159 e. The number of furan rings is 1. The molecule has 9 aromatic carbocycles. The van der Waals surface area contributed by atoms with E-state index in [-0.39, 0.29) is 0 Å². The molecule has 0 aliphatic carbocycles. The maximum absolute atomic E-state index is 6.68.